The highest BCUT2D eigenvalue weighted by atomic mass is 16.6. The van der Waals surface area contributed by atoms with Gasteiger partial charge in [0.1, 0.15) is 48.8 Å². The molecule has 0 aromatic rings. The minimum Gasteiger partial charge on any atom is -0.463 e. The fraction of sp³-hybridized carbons (Fsp3) is 0.795. The highest BCUT2D eigenvalue weighted by Crippen LogP contribution is 2.68. The fourth-order valence-corrected chi connectivity index (χ4v) is 21.7. The number of esters is 8. The van der Waals surface area contributed by atoms with Gasteiger partial charge in [0.15, 0.2) is 0 Å². The monoisotopic (exact) mass is 1330 g/mol. The summed E-state index contributed by atoms with van der Waals surface area (Å²) in [4.78, 5) is 96.7. The van der Waals surface area contributed by atoms with E-state index in [2.05, 4.69) is 48.6 Å². The van der Waals surface area contributed by atoms with Gasteiger partial charge in [0.2, 0.25) is 0 Å². The van der Waals surface area contributed by atoms with E-state index in [0.29, 0.717) is 110 Å². The van der Waals surface area contributed by atoms with Crippen LogP contribution < -0.4 is 0 Å². The summed E-state index contributed by atoms with van der Waals surface area (Å²) >= 11 is 0. The van der Waals surface area contributed by atoms with Crippen LogP contribution in [-0.4, -0.2) is 119 Å². The van der Waals surface area contributed by atoms with Gasteiger partial charge in [-0.3, -0.25) is 38.4 Å². The average molecular weight is 1330 g/mol. The smallest absolute Gasteiger partial charge is 0.310 e. The lowest BCUT2D eigenvalue weighted by atomic mass is 9.69. The van der Waals surface area contributed by atoms with E-state index >= 15 is 0 Å². The van der Waals surface area contributed by atoms with Crippen molar-refractivity contribution < 1.29 is 86.5 Å². The molecule has 26 atom stereocenters. The van der Waals surface area contributed by atoms with Crippen molar-refractivity contribution in [3.63, 3.8) is 0 Å². The van der Waals surface area contributed by atoms with Crippen LogP contribution in [0.3, 0.4) is 0 Å². The number of allylic oxidation sites excluding steroid dienone is 8. The summed E-state index contributed by atoms with van der Waals surface area (Å²) in [5, 5.41) is 20.3. The van der Waals surface area contributed by atoms with E-state index < -0.39 is 23.4 Å². The van der Waals surface area contributed by atoms with E-state index in [4.69, 9.17) is 37.9 Å². The van der Waals surface area contributed by atoms with Crippen LogP contribution >= 0.6 is 0 Å². The third kappa shape index (κ3) is 15.3. The van der Waals surface area contributed by atoms with Crippen molar-refractivity contribution >= 4 is 47.8 Å². The van der Waals surface area contributed by atoms with E-state index in [0.717, 1.165) is 139 Å². The SMILES string of the molecule is CC(C)(OC(=O)C1CC2C=CC1C2)C1CCCCC(=O)O1.CC(C)(OC(=O)C1CC2CC1C1C3C=CC(C3)C21)C1CCCCC(=O)O1.O=C1CCCCC(CC(O)COC(=O)C2CC3C=CC2C3)O1.O=C1CCCCC(CC(O)COC(=O)C2CC3CC2C2C4C=CC(C4)C32)O1. The van der Waals surface area contributed by atoms with Crippen LogP contribution in [-0.2, 0) is 76.3 Å². The zero-order valence-corrected chi connectivity index (χ0v) is 57.3. The van der Waals surface area contributed by atoms with Crippen LogP contribution in [0.15, 0.2) is 48.6 Å². The number of ether oxygens (including phenoxy) is 8. The Kier molecular flexibility index (Phi) is 21.2. The summed E-state index contributed by atoms with van der Waals surface area (Å²) in [6.07, 6.45) is 39.3. The molecule has 0 aromatic carbocycles. The maximum atomic E-state index is 13.1. The Morgan fingerprint density at radius 2 is 0.760 bits per heavy atom. The molecule has 0 amide bonds. The highest BCUT2D eigenvalue weighted by molar-refractivity contribution is 5.77. The molecule has 12 aliphatic carbocycles. The van der Waals surface area contributed by atoms with Gasteiger partial charge in [0, 0.05) is 38.5 Å². The normalized spacial score (nSPS) is 41.1. The minimum atomic E-state index is -0.769. The minimum absolute atomic E-state index is 0.00944. The summed E-state index contributed by atoms with van der Waals surface area (Å²) in [6, 6.07) is 0. The van der Waals surface area contributed by atoms with E-state index in [9.17, 15) is 48.6 Å². The first-order chi connectivity index (χ1) is 46.1. The zero-order valence-electron chi connectivity index (χ0n) is 57.3. The van der Waals surface area contributed by atoms with Crippen LogP contribution in [0.4, 0.5) is 0 Å². The Labute approximate surface area is 567 Å². The first-order valence-electron chi connectivity index (χ1n) is 37.8. The number of hydrogen-bond donors (Lipinski definition) is 2. The third-order valence-electron chi connectivity index (χ3n) is 26.1. The van der Waals surface area contributed by atoms with Gasteiger partial charge in [-0.2, -0.15) is 0 Å². The molecule has 0 spiro atoms. The molecule has 2 N–H and O–H groups in total. The molecule has 4 saturated heterocycles. The van der Waals surface area contributed by atoms with E-state index in [1.165, 1.54) is 25.7 Å². The number of fused-ring (bicyclic) bond motifs is 22. The van der Waals surface area contributed by atoms with Crippen molar-refractivity contribution in [2.45, 2.75) is 255 Å². The van der Waals surface area contributed by atoms with Crippen LogP contribution in [0.1, 0.15) is 207 Å². The van der Waals surface area contributed by atoms with Crippen molar-refractivity contribution in [2.75, 3.05) is 13.2 Å². The van der Waals surface area contributed by atoms with Gasteiger partial charge in [-0.05, 0) is 264 Å². The zero-order chi connectivity index (χ0) is 67.2. The molecule has 528 valence electrons. The van der Waals surface area contributed by atoms with Crippen molar-refractivity contribution in [1.29, 1.82) is 0 Å². The summed E-state index contributed by atoms with van der Waals surface area (Å²) in [7, 11) is 0. The lowest BCUT2D eigenvalue weighted by molar-refractivity contribution is -0.185. The standard InChI is InChI=1S/C22H30O5.C22H30O4.C17H24O5.C17H24O4/c23-15(10-16-3-1-2-4-19(24)27-16)11-26-22(25)18-9-14-8-17(18)21-13-6-5-12(7-13)20(14)21;1-22(2,17-5-3-4-6-18(23)25-17)26-21(24)16-11-14-10-15(16)20-13-8-7-12(9-13)19(14)20;18-13(9-14-3-1-2-4-16(19)22-14)10-21-17(20)15-8-11-5-6-12(15)7-11;1-17(2,14-5-3-4-6-15(18)20-14)21-16(19)13-10-11-7-8-12(13)9-11/h5-6,12-18,20-21,23H,1-4,7-11H2;7-8,12-17,19-20H,3-6,9-11H2,1-2H3;5-6,11-15,18H,1-4,7-10H2;7-8,11-14H,3-6,9-10H2,1-2H3. The van der Waals surface area contributed by atoms with Crippen LogP contribution in [0.5, 0.6) is 0 Å². The number of aliphatic hydroxyl groups is 2. The lowest BCUT2D eigenvalue weighted by Crippen LogP contribution is -2.45. The Bertz CT molecular complexity index is 3000. The molecule has 0 radical (unpaired) electrons. The first-order valence-corrected chi connectivity index (χ1v) is 37.8. The lowest BCUT2D eigenvalue weighted by Gasteiger charge is -2.38. The summed E-state index contributed by atoms with van der Waals surface area (Å²) in [6.45, 7) is 7.54. The molecule has 16 aliphatic rings. The fourth-order valence-electron chi connectivity index (χ4n) is 21.7. The number of rotatable bonds is 16. The second-order valence-electron chi connectivity index (χ2n) is 33.2. The highest BCUT2D eigenvalue weighted by Gasteiger charge is 2.64. The maximum absolute atomic E-state index is 13.1. The second kappa shape index (κ2) is 29.5. The van der Waals surface area contributed by atoms with Gasteiger partial charge in [0.25, 0.3) is 0 Å². The molecule has 0 aromatic heterocycles. The number of carbonyl (C=O) groups excluding carboxylic acids is 8. The molecule has 4 heterocycles. The molecular formula is C78H108O18. The Morgan fingerprint density at radius 1 is 0.406 bits per heavy atom. The first kappa shape index (κ1) is 69.1. The van der Waals surface area contributed by atoms with E-state index in [-0.39, 0.29) is 109 Å². The third-order valence-corrected chi connectivity index (χ3v) is 26.1. The predicted molar refractivity (Wildman–Crippen MR) is 349 cm³/mol. The Morgan fingerprint density at radius 3 is 1.17 bits per heavy atom. The molecule has 18 nitrogen and oxygen atoms in total. The number of aliphatic hydroxyl groups excluding tert-OH is 2. The number of hydrogen-bond acceptors (Lipinski definition) is 18. The topological polar surface area (TPSA) is 251 Å². The van der Waals surface area contributed by atoms with Crippen LogP contribution in [0, 0.1) is 118 Å². The molecule has 26 unspecified atom stereocenters. The molecule has 96 heavy (non-hydrogen) atoms. The molecule has 12 bridgehead atoms. The average Bonchev–Trinajstić information content (AvgIpc) is 1.56. The summed E-state index contributed by atoms with van der Waals surface area (Å²) in [5.74, 6) is 8.87. The largest absolute Gasteiger partial charge is 0.463 e. The molecule has 8 saturated carbocycles. The van der Waals surface area contributed by atoms with E-state index in [1.54, 1.807) is 0 Å². The quantitative estimate of drug-likeness (QED) is 0.0630. The van der Waals surface area contributed by atoms with Crippen LogP contribution in [0.25, 0.3) is 0 Å². The van der Waals surface area contributed by atoms with Crippen molar-refractivity contribution in [3.05, 3.63) is 48.6 Å². The molecule has 16 rings (SSSR count). The second-order valence-corrected chi connectivity index (χ2v) is 33.2. The van der Waals surface area contributed by atoms with Gasteiger partial charge < -0.3 is 48.1 Å². The van der Waals surface area contributed by atoms with Gasteiger partial charge in [-0.25, -0.2) is 0 Å². The van der Waals surface area contributed by atoms with Gasteiger partial charge in [-0.15, -0.1) is 0 Å². The van der Waals surface area contributed by atoms with Crippen molar-refractivity contribution in [1.82, 2.24) is 0 Å². The summed E-state index contributed by atoms with van der Waals surface area (Å²) < 4.78 is 44.3. The van der Waals surface area contributed by atoms with Crippen molar-refractivity contribution in [3.8, 4) is 0 Å². The van der Waals surface area contributed by atoms with Crippen LogP contribution in [0.2, 0.25) is 0 Å². The van der Waals surface area contributed by atoms with Gasteiger partial charge in [0.05, 0.1) is 35.9 Å². The molecule has 4 aliphatic heterocycles. The predicted octanol–water partition coefficient (Wildman–Crippen LogP) is 11.7. The molecule has 12 fully saturated rings. The number of carbonyl (C=O) groups is 8. The Hall–Kier alpha value is -5.36. The summed E-state index contributed by atoms with van der Waals surface area (Å²) in [5.41, 5.74) is -1.49. The van der Waals surface area contributed by atoms with Crippen molar-refractivity contribution in [2.24, 2.45) is 118 Å². The van der Waals surface area contributed by atoms with Gasteiger partial charge in [-0.1, -0.05) is 48.6 Å². The van der Waals surface area contributed by atoms with Gasteiger partial charge >= 0.3 is 47.8 Å². The number of cyclic esters (lactones) is 4. The molecular weight excluding hydrogens is 1220 g/mol. The molecule has 18 heteroatoms. The Balaban J connectivity index is 0.000000116. The van der Waals surface area contributed by atoms with E-state index in [1.807, 2.05) is 27.7 Å². The maximum Gasteiger partial charge on any atom is 0.310 e.